The molecule has 0 unspecified atom stereocenters. The van der Waals surface area contributed by atoms with Crippen molar-refractivity contribution in [2.75, 3.05) is 0 Å². The summed E-state index contributed by atoms with van der Waals surface area (Å²) in [5.74, 6) is 0.0700. The molecule has 2 rings (SSSR count). The van der Waals surface area contributed by atoms with Crippen LogP contribution < -0.4 is 5.73 Å². The highest BCUT2D eigenvalue weighted by Gasteiger charge is 2.15. The number of rotatable bonds is 3. The van der Waals surface area contributed by atoms with Gasteiger partial charge in [-0.15, -0.1) is 0 Å². The fraction of sp³-hybridized carbons (Fsp3) is 0.333. The summed E-state index contributed by atoms with van der Waals surface area (Å²) in [6.45, 7) is 8.24. The zero-order chi connectivity index (χ0) is 14.2. The first-order chi connectivity index (χ1) is 8.95. The van der Waals surface area contributed by atoms with Gasteiger partial charge in [0.1, 0.15) is 5.84 Å². The van der Waals surface area contributed by atoms with Crippen molar-refractivity contribution in [3.63, 3.8) is 0 Å². The average molecular weight is 256 g/mol. The second kappa shape index (κ2) is 4.88. The van der Waals surface area contributed by atoms with E-state index in [1.807, 2.05) is 36.7 Å². The summed E-state index contributed by atoms with van der Waals surface area (Å²) in [6, 6.07) is 5.87. The lowest BCUT2D eigenvalue weighted by atomic mass is 10.1. The van der Waals surface area contributed by atoms with Gasteiger partial charge in [0.2, 0.25) is 0 Å². The van der Waals surface area contributed by atoms with Crippen LogP contribution in [0.1, 0.15) is 35.0 Å². The number of aryl methyl sites for hydroxylation is 2. The number of nitrogens with zero attached hydrogens (tertiary/aromatic N) is 2. The summed E-state index contributed by atoms with van der Waals surface area (Å²) in [5.41, 5.74) is 11.8. The first kappa shape index (κ1) is 13.3. The highest BCUT2D eigenvalue weighted by molar-refractivity contribution is 5.98. The molecule has 19 heavy (non-hydrogen) atoms. The summed E-state index contributed by atoms with van der Waals surface area (Å²) < 4.78 is 1.90. The third kappa shape index (κ3) is 2.26. The van der Waals surface area contributed by atoms with Crippen LogP contribution in [0.15, 0.2) is 18.2 Å². The van der Waals surface area contributed by atoms with Crippen molar-refractivity contribution in [1.82, 2.24) is 9.78 Å². The van der Waals surface area contributed by atoms with Crippen molar-refractivity contribution >= 4 is 5.84 Å². The molecule has 0 aliphatic rings. The lowest BCUT2D eigenvalue weighted by molar-refractivity contribution is 0.829. The van der Waals surface area contributed by atoms with Crippen molar-refractivity contribution < 1.29 is 0 Å². The molecule has 0 bridgehead atoms. The van der Waals surface area contributed by atoms with Crippen LogP contribution in [0.2, 0.25) is 0 Å². The maximum Gasteiger partial charge on any atom is 0.124 e. The number of nitrogen functional groups attached to an aromatic ring is 1. The topological polar surface area (TPSA) is 67.7 Å². The summed E-state index contributed by atoms with van der Waals surface area (Å²) >= 11 is 0. The Bertz CT molecular complexity index is 638. The van der Waals surface area contributed by atoms with Crippen molar-refractivity contribution in [2.24, 2.45) is 5.73 Å². The van der Waals surface area contributed by atoms with Gasteiger partial charge < -0.3 is 5.73 Å². The summed E-state index contributed by atoms with van der Waals surface area (Å²) in [5, 5.41) is 12.3. The van der Waals surface area contributed by atoms with Crippen LogP contribution in [0.25, 0.3) is 5.69 Å². The van der Waals surface area contributed by atoms with E-state index >= 15 is 0 Å². The van der Waals surface area contributed by atoms with Crippen LogP contribution in [0.4, 0.5) is 0 Å². The van der Waals surface area contributed by atoms with Crippen LogP contribution in [-0.2, 0) is 6.42 Å². The Morgan fingerprint density at radius 3 is 2.53 bits per heavy atom. The van der Waals surface area contributed by atoms with E-state index < -0.39 is 0 Å². The van der Waals surface area contributed by atoms with Gasteiger partial charge in [0, 0.05) is 11.3 Å². The van der Waals surface area contributed by atoms with E-state index in [1.54, 1.807) is 0 Å². The van der Waals surface area contributed by atoms with Gasteiger partial charge in [-0.3, -0.25) is 5.41 Å². The average Bonchev–Trinajstić information content (AvgIpc) is 2.63. The molecule has 0 aliphatic carbocycles. The molecule has 0 radical (unpaired) electrons. The van der Waals surface area contributed by atoms with Gasteiger partial charge in [-0.25, -0.2) is 4.68 Å². The standard InChI is InChI=1S/C15H20N4/c1-5-12-10(3)18-19(11(12)4)14-8-9(2)6-7-13(14)15(16)17/h6-8H,5H2,1-4H3,(H3,16,17). The molecule has 1 aromatic carbocycles. The number of aromatic nitrogens is 2. The number of hydrogen-bond donors (Lipinski definition) is 2. The molecule has 100 valence electrons. The molecule has 0 aliphatic heterocycles. The monoisotopic (exact) mass is 256 g/mol. The van der Waals surface area contributed by atoms with Gasteiger partial charge in [-0.1, -0.05) is 13.0 Å². The Labute approximate surface area is 113 Å². The number of hydrogen-bond acceptors (Lipinski definition) is 2. The molecule has 4 nitrogen and oxygen atoms in total. The Morgan fingerprint density at radius 1 is 1.32 bits per heavy atom. The molecule has 3 N–H and O–H groups in total. The SMILES string of the molecule is CCc1c(C)nn(-c2cc(C)ccc2C(=N)N)c1C. The van der Waals surface area contributed by atoms with Gasteiger partial charge in [0.05, 0.1) is 11.4 Å². The molecule has 0 spiro atoms. The third-order valence-electron chi connectivity index (χ3n) is 3.47. The van der Waals surface area contributed by atoms with Gasteiger partial charge in [-0.05, 0) is 50.5 Å². The highest BCUT2D eigenvalue weighted by atomic mass is 15.3. The second-order valence-corrected chi connectivity index (χ2v) is 4.85. The maximum absolute atomic E-state index is 7.71. The van der Waals surface area contributed by atoms with Crippen LogP contribution >= 0.6 is 0 Å². The van der Waals surface area contributed by atoms with Gasteiger partial charge in [-0.2, -0.15) is 5.10 Å². The van der Waals surface area contributed by atoms with Crippen molar-refractivity contribution in [3.05, 3.63) is 46.3 Å². The molecule has 0 fully saturated rings. The van der Waals surface area contributed by atoms with Crippen LogP contribution in [-0.4, -0.2) is 15.6 Å². The summed E-state index contributed by atoms with van der Waals surface area (Å²) in [6.07, 6.45) is 0.957. The minimum atomic E-state index is 0.0700. The Balaban J connectivity index is 2.71. The summed E-state index contributed by atoms with van der Waals surface area (Å²) in [7, 11) is 0. The predicted octanol–water partition coefficient (Wildman–Crippen LogP) is 2.64. The minimum absolute atomic E-state index is 0.0700. The normalized spacial score (nSPS) is 10.7. The van der Waals surface area contributed by atoms with E-state index in [2.05, 4.69) is 18.9 Å². The molecular formula is C15H20N4. The Kier molecular flexibility index (Phi) is 3.42. The number of nitrogens with one attached hydrogen (secondary N) is 1. The van der Waals surface area contributed by atoms with Gasteiger partial charge in [0.15, 0.2) is 0 Å². The molecule has 1 heterocycles. The van der Waals surface area contributed by atoms with Crippen molar-refractivity contribution in [1.29, 1.82) is 5.41 Å². The van der Waals surface area contributed by atoms with E-state index in [4.69, 9.17) is 11.1 Å². The fourth-order valence-corrected chi connectivity index (χ4v) is 2.47. The number of amidine groups is 1. The van der Waals surface area contributed by atoms with Crippen LogP contribution in [0.3, 0.4) is 0 Å². The minimum Gasteiger partial charge on any atom is -0.384 e. The predicted molar refractivity (Wildman–Crippen MR) is 78.2 cm³/mol. The molecule has 1 aromatic heterocycles. The fourth-order valence-electron chi connectivity index (χ4n) is 2.47. The smallest absolute Gasteiger partial charge is 0.124 e. The van der Waals surface area contributed by atoms with E-state index in [1.165, 1.54) is 5.56 Å². The van der Waals surface area contributed by atoms with E-state index in [9.17, 15) is 0 Å². The summed E-state index contributed by atoms with van der Waals surface area (Å²) in [4.78, 5) is 0. The molecule has 0 saturated carbocycles. The van der Waals surface area contributed by atoms with Crippen molar-refractivity contribution in [2.45, 2.75) is 34.1 Å². The second-order valence-electron chi connectivity index (χ2n) is 4.85. The van der Waals surface area contributed by atoms with Gasteiger partial charge in [0.25, 0.3) is 0 Å². The lowest BCUT2D eigenvalue weighted by Gasteiger charge is -2.11. The molecule has 0 amide bonds. The Hall–Kier alpha value is -2.10. The molecule has 2 aromatic rings. The van der Waals surface area contributed by atoms with E-state index in [0.717, 1.165) is 34.6 Å². The first-order valence-electron chi connectivity index (χ1n) is 6.46. The Morgan fingerprint density at radius 2 is 2.00 bits per heavy atom. The van der Waals surface area contributed by atoms with Crippen LogP contribution in [0.5, 0.6) is 0 Å². The van der Waals surface area contributed by atoms with Crippen molar-refractivity contribution in [3.8, 4) is 5.69 Å². The quantitative estimate of drug-likeness (QED) is 0.655. The molecule has 0 saturated heterocycles. The maximum atomic E-state index is 7.71. The van der Waals surface area contributed by atoms with Gasteiger partial charge >= 0.3 is 0 Å². The first-order valence-corrected chi connectivity index (χ1v) is 6.46. The van der Waals surface area contributed by atoms with Crippen LogP contribution in [0, 0.1) is 26.2 Å². The lowest BCUT2D eigenvalue weighted by Crippen LogP contribution is -2.16. The largest absolute Gasteiger partial charge is 0.384 e. The van der Waals surface area contributed by atoms with E-state index in [0.29, 0.717) is 0 Å². The molecule has 0 atom stereocenters. The molecular weight excluding hydrogens is 236 g/mol. The third-order valence-corrected chi connectivity index (χ3v) is 3.47. The zero-order valence-electron chi connectivity index (χ0n) is 11.9. The molecule has 4 heteroatoms. The van der Waals surface area contributed by atoms with E-state index in [-0.39, 0.29) is 5.84 Å². The zero-order valence-corrected chi connectivity index (χ0v) is 11.9. The highest BCUT2D eigenvalue weighted by Crippen LogP contribution is 2.22. The number of benzene rings is 1. The number of nitrogens with two attached hydrogens (primary N) is 1.